The van der Waals surface area contributed by atoms with Gasteiger partial charge in [0.15, 0.2) is 5.75 Å². The van der Waals surface area contributed by atoms with Crippen molar-refractivity contribution in [1.29, 1.82) is 0 Å². The van der Waals surface area contributed by atoms with Crippen LogP contribution >= 0.6 is 0 Å². The molecule has 32 heavy (non-hydrogen) atoms. The summed E-state index contributed by atoms with van der Waals surface area (Å²) in [7, 11) is 2.71. The van der Waals surface area contributed by atoms with Gasteiger partial charge in [-0.1, -0.05) is 33.4 Å². The third-order valence-corrected chi connectivity index (χ3v) is 10.7. The smallest absolute Gasteiger partial charge is 0.256 e. The molecule has 172 valence electrons. The van der Waals surface area contributed by atoms with Gasteiger partial charge in [0.1, 0.15) is 17.2 Å². The topological polar surface area (TPSA) is 57.2 Å². The van der Waals surface area contributed by atoms with Gasteiger partial charge >= 0.3 is 0 Å². The fourth-order valence-electron chi connectivity index (χ4n) is 3.40. The summed E-state index contributed by atoms with van der Waals surface area (Å²) in [5.74, 6) is 2.45. The van der Waals surface area contributed by atoms with Crippen LogP contribution in [0.3, 0.4) is 0 Å². The monoisotopic (exact) mass is 455 g/mol. The van der Waals surface area contributed by atoms with Crippen molar-refractivity contribution in [3.63, 3.8) is 0 Å². The zero-order valence-corrected chi connectivity index (χ0v) is 21.2. The predicted octanol–water partition coefficient (Wildman–Crippen LogP) is 5.74. The van der Waals surface area contributed by atoms with E-state index in [-0.39, 0.29) is 17.0 Å². The van der Waals surface area contributed by atoms with Crippen LogP contribution in [0.2, 0.25) is 18.1 Å². The number of hydrogen-bond donors (Lipinski definition) is 0. The predicted molar refractivity (Wildman–Crippen MR) is 130 cm³/mol. The summed E-state index contributed by atoms with van der Waals surface area (Å²) < 4.78 is 22.9. The average Bonchev–Trinajstić information content (AvgIpc) is 2.75. The van der Waals surface area contributed by atoms with E-state index < -0.39 is 8.32 Å². The van der Waals surface area contributed by atoms with E-state index >= 15 is 0 Å². The Kier molecular flexibility index (Phi) is 6.33. The minimum Gasteiger partial charge on any atom is -0.541 e. The largest absolute Gasteiger partial charge is 0.541 e. The Morgan fingerprint density at radius 2 is 1.50 bits per heavy atom. The summed E-state index contributed by atoms with van der Waals surface area (Å²) in [4.78, 5) is 14.5. The number of rotatable bonds is 7. The summed E-state index contributed by atoms with van der Waals surface area (Å²) in [6, 6.07) is 10.9. The van der Waals surface area contributed by atoms with Crippen LogP contribution in [0.25, 0.3) is 0 Å². The molecular formula is C25H33NO5Si. The first kappa shape index (κ1) is 23.7. The molecule has 7 heteroatoms. The van der Waals surface area contributed by atoms with Crippen molar-refractivity contribution in [3.8, 4) is 23.0 Å². The number of carbonyl (C=O) groups excluding carboxylic acids is 1. The van der Waals surface area contributed by atoms with Crippen LogP contribution in [0.4, 0.5) is 5.69 Å². The summed E-state index contributed by atoms with van der Waals surface area (Å²) in [5.41, 5.74) is 2.12. The van der Waals surface area contributed by atoms with Gasteiger partial charge in [-0.25, -0.2) is 0 Å². The molecule has 1 saturated heterocycles. The Balaban J connectivity index is 2.03. The molecule has 1 aliphatic heterocycles. The molecule has 2 aromatic carbocycles. The second-order valence-electron chi connectivity index (χ2n) is 9.45. The number of anilines is 1. The highest BCUT2D eigenvalue weighted by Gasteiger charge is 2.44. The van der Waals surface area contributed by atoms with Crippen LogP contribution in [0.1, 0.15) is 32.4 Å². The Hall–Kier alpha value is -2.93. The number of amides is 1. The van der Waals surface area contributed by atoms with E-state index in [9.17, 15) is 4.79 Å². The minimum atomic E-state index is -2.10. The lowest BCUT2D eigenvalue weighted by Crippen LogP contribution is -2.49. The number of carbonyl (C=O) groups is 1. The lowest BCUT2D eigenvalue weighted by molar-refractivity contribution is -0.118. The molecule has 0 N–H and O–H groups in total. The van der Waals surface area contributed by atoms with E-state index in [1.165, 1.54) is 0 Å². The maximum Gasteiger partial charge on any atom is 0.256 e. The minimum absolute atomic E-state index is 0.0350. The Labute approximate surface area is 191 Å². The third kappa shape index (κ3) is 4.21. The van der Waals surface area contributed by atoms with Gasteiger partial charge in [-0.3, -0.25) is 9.69 Å². The van der Waals surface area contributed by atoms with E-state index in [0.717, 1.165) is 5.56 Å². The highest BCUT2D eigenvalue weighted by molar-refractivity contribution is 6.74. The molecule has 0 radical (unpaired) electrons. The zero-order chi connectivity index (χ0) is 23.8. The molecule has 1 amide bonds. The number of methoxy groups -OCH3 is 3. The molecule has 0 aliphatic carbocycles. The van der Waals surface area contributed by atoms with Gasteiger partial charge in [-0.15, -0.1) is 0 Å². The van der Waals surface area contributed by atoms with Crippen molar-refractivity contribution in [3.05, 3.63) is 54.1 Å². The average molecular weight is 456 g/mol. The van der Waals surface area contributed by atoms with Crippen LogP contribution in [-0.2, 0) is 4.79 Å². The van der Waals surface area contributed by atoms with Gasteiger partial charge < -0.3 is 18.6 Å². The quantitative estimate of drug-likeness (QED) is 0.303. The van der Waals surface area contributed by atoms with Crippen LogP contribution < -0.4 is 23.5 Å². The zero-order valence-electron chi connectivity index (χ0n) is 20.2. The van der Waals surface area contributed by atoms with Crippen molar-refractivity contribution >= 4 is 19.9 Å². The molecule has 2 aromatic rings. The van der Waals surface area contributed by atoms with Crippen molar-refractivity contribution in [2.75, 3.05) is 26.2 Å². The highest BCUT2D eigenvalue weighted by atomic mass is 28.4. The van der Waals surface area contributed by atoms with Crippen molar-refractivity contribution in [2.24, 2.45) is 0 Å². The standard InChI is InChI=1S/C25H33NO5Si/c1-16-23(26(24(16)27)18-13-19(28-5)15-20(14-18)29-6)17-10-11-21(30-7)22(12-17)31-32(8,9)25(2,3)4/h10-15,23H,1H2,2-9H3. The van der Waals surface area contributed by atoms with Gasteiger partial charge in [-0.2, -0.15) is 0 Å². The van der Waals surface area contributed by atoms with Crippen molar-refractivity contribution in [1.82, 2.24) is 0 Å². The van der Waals surface area contributed by atoms with Gasteiger partial charge in [0.2, 0.25) is 0 Å². The highest BCUT2D eigenvalue weighted by Crippen LogP contribution is 2.47. The van der Waals surface area contributed by atoms with E-state index in [4.69, 9.17) is 18.6 Å². The van der Waals surface area contributed by atoms with Gasteiger partial charge in [0, 0.05) is 23.8 Å². The molecule has 0 aromatic heterocycles. The van der Waals surface area contributed by atoms with Crippen LogP contribution in [-0.4, -0.2) is 35.6 Å². The maximum absolute atomic E-state index is 12.8. The molecular weight excluding hydrogens is 422 g/mol. The van der Waals surface area contributed by atoms with Gasteiger partial charge in [-0.05, 0) is 35.8 Å². The van der Waals surface area contributed by atoms with E-state index in [2.05, 4.69) is 40.4 Å². The molecule has 1 aliphatic rings. The molecule has 1 unspecified atom stereocenters. The lowest BCUT2D eigenvalue weighted by atomic mass is 9.88. The number of ether oxygens (including phenoxy) is 3. The van der Waals surface area contributed by atoms with Gasteiger partial charge in [0.05, 0.1) is 33.1 Å². The second-order valence-corrected chi connectivity index (χ2v) is 14.2. The first-order valence-corrected chi connectivity index (χ1v) is 13.5. The molecule has 0 bridgehead atoms. The molecule has 1 fully saturated rings. The molecule has 1 atom stereocenters. The molecule has 0 spiro atoms. The number of hydrogen-bond acceptors (Lipinski definition) is 5. The van der Waals surface area contributed by atoms with Gasteiger partial charge in [0.25, 0.3) is 14.2 Å². The lowest BCUT2D eigenvalue weighted by Gasteiger charge is -2.43. The first-order valence-electron chi connectivity index (χ1n) is 10.6. The fourth-order valence-corrected chi connectivity index (χ4v) is 4.41. The van der Waals surface area contributed by atoms with Crippen LogP contribution in [0.5, 0.6) is 23.0 Å². The van der Waals surface area contributed by atoms with E-state index in [1.807, 2.05) is 30.3 Å². The third-order valence-electron chi connectivity index (χ3n) is 6.37. The number of β-lactam (4-membered cyclic amide) rings is 1. The van der Waals surface area contributed by atoms with E-state index in [1.54, 1.807) is 32.3 Å². The Morgan fingerprint density at radius 3 is 2.00 bits per heavy atom. The van der Waals surface area contributed by atoms with Crippen LogP contribution in [0, 0.1) is 0 Å². The molecule has 0 saturated carbocycles. The second kappa shape index (κ2) is 8.54. The van der Waals surface area contributed by atoms with Crippen molar-refractivity contribution in [2.45, 2.75) is 44.9 Å². The van der Waals surface area contributed by atoms with Crippen molar-refractivity contribution < 1.29 is 23.4 Å². The van der Waals surface area contributed by atoms with Crippen LogP contribution in [0.15, 0.2) is 48.6 Å². The molecule has 1 heterocycles. The normalized spacial score (nSPS) is 16.5. The molecule has 6 nitrogen and oxygen atoms in total. The maximum atomic E-state index is 12.8. The summed E-state index contributed by atoms with van der Waals surface area (Å²) >= 11 is 0. The summed E-state index contributed by atoms with van der Waals surface area (Å²) in [6.07, 6.45) is 0. The Morgan fingerprint density at radius 1 is 0.906 bits per heavy atom. The SMILES string of the molecule is C=C1C(=O)N(c2cc(OC)cc(OC)c2)C1c1ccc(OC)c(O[Si](C)(C)C(C)(C)C)c1. The number of nitrogens with zero attached hydrogens (tertiary/aromatic N) is 1. The fraction of sp³-hybridized carbons (Fsp3) is 0.400. The molecule has 3 rings (SSSR count). The Bertz CT molecular complexity index is 1020. The number of benzene rings is 2. The first-order chi connectivity index (χ1) is 14.9. The summed E-state index contributed by atoms with van der Waals surface area (Å²) in [6.45, 7) is 15.0. The van der Waals surface area contributed by atoms with E-state index in [0.29, 0.717) is 34.3 Å². The summed E-state index contributed by atoms with van der Waals surface area (Å²) in [5, 5.41) is 0.0350.